The smallest absolute Gasteiger partial charge is 0.268 e. The molecule has 0 aliphatic rings. The highest BCUT2D eigenvalue weighted by Gasteiger charge is 2.11. The number of aromatic nitrogens is 1. The fourth-order valence-electron chi connectivity index (χ4n) is 1.42. The minimum Gasteiger partial charge on any atom is -0.397 e. The van der Waals surface area contributed by atoms with Crippen LogP contribution in [-0.4, -0.2) is 17.0 Å². The Balaban J connectivity index is 2.77. The summed E-state index contributed by atoms with van der Waals surface area (Å²) in [7, 11) is 0. The van der Waals surface area contributed by atoms with Crippen LogP contribution in [0, 0.1) is 0 Å². The SMILES string of the molecule is C=C(Br)CNC(=O)c1cc(N)cn1CCC. The number of carbonyl (C=O) groups is 1. The summed E-state index contributed by atoms with van der Waals surface area (Å²) in [4.78, 5) is 11.8. The Morgan fingerprint density at radius 3 is 2.94 bits per heavy atom. The van der Waals surface area contributed by atoms with Crippen LogP contribution >= 0.6 is 15.9 Å². The number of nitrogens with one attached hydrogen (secondary N) is 1. The third kappa shape index (κ3) is 3.41. The molecule has 0 saturated carbocycles. The number of aryl methyl sites for hydroxylation is 1. The number of anilines is 1. The molecule has 0 atom stereocenters. The molecule has 0 aliphatic carbocycles. The zero-order valence-corrected chi connectivity index (χ0v) is 10.9. The van der Waals surface area contributed by atoms with Crippen LogP contribution in [0.4, 0.5) is 5.69 Å². The summed E-state index contributed by atoms with van der Waals surface area (Å²) in [5.74, 6) is -0.134. The zero-order valence-electron chi connectivity index (χ0n) is 9.29. The van der Waals surface area contributed by atoms with E-state index in [1.807, 2.05) is 4.57 Å². The Bertz CT molecular complexity index is 398. The standard InChI is InChI=1S/C11H16BrN3O/c1-3-4-15-7-9(13)5-10(15)11(16)14-6-8(2)12/h5,7H,2-4,6,13H2,1H3,(H,14,16). The van der Waals surface area contributed by atoms with E-state index in [2.05, 4.69) is 34.7 Å². The lowest BCUT2D eigenvalue weighted by Gasteiger charge is -2.07. The molecular formula is C11H16BrN3O. The van der Waals surface area contributed by atoms with E-state index in [4.69, 9.17) is 5.73 Å². The number of amides is 1. The van der Waals surface area contributed by atoms with Crippen molar-refractivity contribution in [3.8, 4) is 0 Å². The van der Waals surface area contributed by atoms with Crippen LogP contribution in [0.15, 0.2) is 23.3 Å². The second kappa shape index (κ2) is 5.75. The lowest BCUT2D eigenvalue weighted by Crippen LogP contribution is -2.26. The molecule has 0 spiro atoms. The lowest BCUT2D eigenvalue weighted by molar-refractivity contribution is 0.0948. The molecule has 0 radical (unpaired) electrons. The molecule has 1 aromatic heterocycles. The normalized spacial score (nSPS) is 10.1. The van der Waals surface area contributed by atoms with Crippen molar-refractivity contribution in [2.24, 2.45) is 0 Å². The molecule has 88 valence electrons. The zero-order chi connectivity index (χ0) is 12.1. The highest BCUT2D eigenvalue weighted by Crippen LogP contribution is 2.11. The Kier molecular flexibility index (Phi) is 4.61. The number of nitrogen functional groups attached to an aromatic ring is 1. The Morgan fingerprint density at radius 2 is 2.38 bits per heavy atom. The maximum Gasteiger partial charge on any atom is 0.268 e. The van der Waals surface area contributed by atoms with Gasteiger partial charge in [-0.05, 0) is 12.5 Å². The third-order valence-electron chi connectivity index (χ3n) is 2.06. The molecule has 0 bridgehead atoms. The summed E-state index contributed by atoms with van der Waals surface area (Å²) in [5, 5.41) is 2.75. The van der Waals surface area contributed by atoms with Gasteiger partial charge in [-0.1, -0.05) is 29.4 Å². The second-order valence-corrected chi connectivity index (χ2v) is 4.67. The highest BCUT2D eigenvalue weighted by atomic mass is 79.9. The van der Waals surface area contributed by atoms with E-state index in [9.17, 15) is 4.79 Å². The maximum absolute atomic E-state index is 11.8. The quantitative estimate of drug-likeness (QED) is 0.871. The average molecular weight is 286 g/mol. The van der Waals surface area contributed by atoms with Gasteiger partial charge in [0.2, 0.25) is 0 Å². The number of halogens is 1. The van der Waals surface area contributed by atoms with E-state index in [0.29, 0.717) is 17.9 Å². The van der Waals surface area contributed by atoms with Crippen LogP contribution < -0.4 is 11.1 Å². The number of nitrogens with zero attached hydrogens (tertiary/aromatic N) is 1. The largest absolute Gasteiger partial charge is 0.397 e. The number of nitrogens with two attached hydrogens (primary N) is 1. The van der Waals surface area contributed by atoms with E-state index < -0.39 is 0 Å². The molecule has 1 rings (SSSR count). The molecule has 1 heterocycles. The summed E-state index contributed by atoms with van der Waals surface area (Å²) < 4.78 is 2.60. The first-order valence-electron chi connectivity index (χ1n) is 5.11. The predicted molar refractivity (Wildman–Crippen MR) is 69.5 cm³/mol. The van der Waals surface area contributed by atoms with Gasteiger partial charge in [0.25, 0.3) is 5.91 Å². The van der Waals surface area contributed by atoms with Crippen molar-refractivity contribution in [2.75, 3.05) is 12.3 Å². The lowest BCUT2D eigenvalue weighted by atomic mass is 10.3. The number of hydrogen-bond acceptors (Lipinski definition) is 2. The summed E-state index contributed by atoms with van der Waals surface area (Å²) in [6.45, 7) is 6.91. The van der Waals surface area contributed by atoms with E-state index in [-0.39, 0.29) is 5.91 Å². The molecule has 16 heavy (non-hydrogen) atoms. The molecule has 0 aromatic carbocycles. The van der Waals surface area contributed by atoms with Crippen molar-refractivity contribution < 1.29 is 4.79 Å². The van der Waals surface area contributed by atoms with Gasteiger partial charge in [-0.2, -0.15) is 0 Å². The topological polar surface area (TPSA) is 60.1 Å². The number of rotatable bonds is 5. The van der Waals surface area contributed by atoms with Gasteiger partial charge in [0, 0.05) is 23.8 Å². The van der Waals surface area contributed by atoms with Gasteiger partial charge in [-0.25, -0.2) is 0 Å². The molecule has 0 fully saturated rings. The van der Waals surface area contributed by atoms with E-state index >= 15 is 0 Å². The summed E-state index contributed by atoms with van der Waals surface area (Å²) >= 11 is 3.19. The number of hydrogen-bond donors (Lipinski definition) is 2. The van der Waals surface area contributed by atoms with Gasteiger partial charge >= 0.3 is 0 Å². The van der Waals surface area contributed by atoms with Gasteiger partial charge in [-0.15, -0.1) is 0 Å². The minimum atomic E-state index is -0.134. The molecule has 4 nitrogen and oxygen atoms in total. The van der Waals surface area contributed by atoms with Gasteiger partial charge in [0.05, 0.1) is 5.69 Å². The number of carbonyl (C=O) groups excluding carboxylic acids is 1. The molecule has 5 heteroatoms. The molecule has 1 aromatic rings. The first-order chi connectivity index (χ1) is 7.54. The van der Waals surface area contributed by atoms with Crippen LogP contribution in [0.3, 0.4) is 0 Å². The van der Waals surface area contributed by atoms with E-state index in [1.165, 1.54) is 0 Å². The van der Waals surface area contributed by atoms with Crippen LogP contribution in [0.5, 0.6) is 0 Å². The molecule has 1 amide bonds. The van der Waals surface area contributed by atoms with Crippen molar-refractivity contribution in [3.63, 3.8) is 0 Å². The highest BCUT2D eigenvalue weighted by molar-refractivity contribution is 9.11. The van der Waals surface area contributed by atoms with Crippen molar-refractivity contribution in [2.45, 2.75) is 19.9 Å². The van der Waals surface area contributed by atoms with E-state index in [1.54, 1.807) is 12.3 Å². The fraction of sp³-hybridized carbons (Fsp3) is 0.364. The Hall–Kier alpha value is -1.23. The Morgan fingerprint density at radius 1 is 1.69 bits per heavy atom. The monoisotopic (exact) mass is 285 g/mol. The van der Waals surface area contributed by atoms with Gasteiger partial charge in [-0.3, -0.25) is 4.79 Å². The van der Waals surface area contributed by atoms with E-state index in [0.717, 1.165) is 17.4 Å². The summed E-state index contributed by atoms with van der Waals surface area (Å²) in [5.41, 5.74) is 6.87. The summed E-state index contributed by atoms with van der Waals surface area (Å²) in [6.07, 6.45) is 2.74. The first-order valence-corrected chi connectivity index (χ1v) is 5.91. The molecular weight excluding hydrogens is 270 g/mol. The molecule has 0 aliphatic heterocycles. The van der Waals surface area contributed by atoms with Crippen LogP contribution in [0.2, 0.25) is 0 Å². The fourth-order valence-corrected chi connectivity index (χ4v) is 1.56. The second-order valence-electron chi connectivity index (χ2n) is 3.55. The van der Waals surface area contributed by atoms with Crippen molar-refractivity contribution in [1.29, 1.82) is 0 Å². The van der Waals surface area contributed by atoms with Gasteiger partial charge in [0.1, 0.15) is 5.69 Å². The third-order valence-corrected chi connectivity index (χ3v) is 2.34. The first kappa shape index (κ1) is 12.8. The van der Waals surface area contributed by atoms with Crippen LogP contribution in [-0.2, 0) is 6.54 Å². The summed E-state index contributed by atoms with van der Waals surface area (Å²) in [6, 6.07) is 1.68. The van der Waals surface area contributed by atoms with Crippen molar-refractivity contribution in [3.05, 3.63) is 29.0 Å². The minimum absolute atomic E-state index is 0.134. The predicted octanol–water partition coefficient (Wildman–Crippen LogP) is 2.12. The van der Waals surface area contributed by atoms with Gasteiger partial charge in [0.15, 0.2) is 0 Å². The molecule has 0 saturated heterocycles. The average Bonchev–Trinajstić information content (AvgIpc) is 2.56. The van der Waals surface area contributed by atoms with Crippen molar-refractivity contribution >= 4 is 27.5 Å². The molecule has 3 N–H and O–H groups in total. The molecule has 0 unspecified atom stereocenters. The Labute approximate surface area is 104 Å². The van der Waals surface area contributed by atoms with Crippen LogP contribution in [0.1, 0.15) is 23.8 Å². The van der Waals surface area contributed by atoms with Gasteiger partial charge < -0.3 is 15.6 Å². The maximum atomic E-state index is 11.8. The van der Waals surface area contributed by atoms with Crippen molar-refractivity contribution in [1.82, 2.24) is 9.88 Å². The van der Waals surface area contributed by atoms with Crippen LogP contribution in [0.25, 0.3) is 0 Å².